The van der Waals surface area contributed by atoms with E-state index in [1.807, 2.05) is 0 Å². The van der Waals surface area contributed by atoms with Crippen LogP contribution >= 0.6 is 0 Å². The van der Waals surface area contributed by atoms with Gasteiger partial charge in [-0.1, -0.05) is 6.92 Å². The van der Waals surface area contributed by atoms with Crippen LogP contribution in [-0.2, 0) is 0 Å². The van der Waals surface area contributed by atoms with Crippen LogP contribution in [0.5, 0.6) is 0 Å². The van der Waals surface area contributed by atoms with Gasteiger partial charge in [-0.2, -0.15) is 0 Å². The molecule has 0 fully saturated rings. The molecule has 10 heavy (non-hydrogen) atoms. The van der Waals surface area contributed by atoms with E-state index in [1.54, 1.807) is 0 Å². The molecule has 0 amide bonds. The van der Waals surface area contributed by atoms with Crippen molar-refractivity contribution >= 4 is 5.84 Å². The Morgan fingerprint density at radius 2 is 2.10 bits per heavy atom. The lowest BCUT2D eigenvalue weighted by Gasteiger charge is -2.04. The summed E-state index contributed by atoms with van der Waals surface area (Å²) in [5.74, 6) is 1.58. The van der Waals surface area contributed by atoms with Crippen molar-refractivity contribution in [1.82, 2.24) is 0 Å². The first-order valence-electron chi connectivity index (χ1n) is 4.00. The third kappa shape index (κ3) is 2.01. The Balaban J connectivity index is 2.55. The van der Waals surface area contributed by atoms with E-state index in [4.69, 9.17) is 5.73 Å². The fourth-order valence-electron chi connectivity index (χ4n) is 1.39. The molecule has 0 saturated carbocycles. The van der Waals surface area contributed by atoms with Crippen molar-refractivity contribution in [3.8, 4) is 0 Å². The molecule has 1 rings (SSSR count). The van der Waals surface area contributed by atoms with Crippen LogP contribution in [0.4, 0.5) is 0 Å². The van der Waals surface area contributed by atoms with Crippen LogP contribution < -0.4 is 5.73 Å². The van der Waals surface area contributed by atoms with E-state index in [-0.39, 0.29) is 0 Å². The number of hydrogen-bond donors (Lipinski definition) is 1. The minimum atomic E-state index is 0.449. The molecule has 0 radical (unpaired) electrons. The van der Waals surface area contributed by atoms with E-state index in [0.29, 0.717) is 6.04 Å². The Morgan fingerprint density at radius 3 is 2.80 bits per heavy atom. The highest BCUT2D eigenvalue weighted by atomic mass is 14.9. The highest BCUT2D eigenvalue weighted by molar-refractivity contribution is 5.80. The average molecular weight is 140 g/mol. The maximum Gasteiger partial charge on any atom is 0.0943 e. The van der Waals surface area contributed by atoms with Crippen LogP contribution in [0.1, 0.15) is 33.1 Å². The molecule has 0 bridgehead atoms. The minimum absolute atomic E-state index is 0.449. The van der Waals surface area contributed by atoms with Crippen molar-refractivity contribution in [3.63, 3.8) is 0 Å². The van der Waals surface area contributed by atoms with Gasteiger partial charge in [-0.25, -0.2) is 0 Å². The summed E-state index contributed by atoms with van der Waals surface area (Å²) in [6, 6.07) is 0.449. The summed E-state index contributed by atoms with van der Waals surface area (Å²) in [5, 5.41) is 0. The summed E-state index contributed by atoms with van der Waals surface area (Å²) in [4.78, 5) is 4.32. The lowest BCUT2D eigenvalue weighted by molar-refractivity contribution is 0.514. The molecule has 0 aliphatic carbocycles. The molecule has 2 unspecified atom stereocenters. The lowest BCUT2D eigenvalue weighted by atomic mass is 10.0. The number of nitrogens with two attached hydrogens (primary N) is 1. The van der Waals surface area contributed by atoms with Crippen molar-refractivity contribution in [3.05, 3.63) is 0 Å². The van der Waals surface area contributed by atoms with Crippen LogP contribution in [-0.4, -0.2) is 11.9 Å². The smallest absolute Gasteiger partial charge is 0.0943 e. The van der Waals surface area contributed by atoms with Crippen molar-refractivity contribution in [2.24, 2.45) is 16.6 Å². The fourth-order valence-corrected chi connectivity index (χ4v) is 1.39. The van der Waals surface area contributed by atoms with E-state index in [9.17, 15) is 0 Å². The van der Waals surface area contributed by atoms with Crippen LogP contribution in [0.15, 0.2) is 4.99 Å². The van der Waals surface area contributed by atoms with Gasteiger partial charge in [-0.15, -0.1) is 0 Å². The van der Waals surface area contributed by atoms with Gasteiger partial charge in [0.15, 0.2) is 0 Å². The van der Waals surface area contributed by atoms with Crippen molar-refractivity contribution in [1.29, 1.82) is 0 Å². The Bertz CT molecular complexity index is 140. The van der Waals surface area contributed by atoms with Gasteiger partial charge < -0.3 is 5.73 Å². The zero-order valence-corrected chi connectivity index (χ0v) is 6.80. The topological polar surface area (TPSA) is 38.4 Å². The second-order valence-electron chi connectivity index (χ2n) is 3.36. The predicted molar refractivity (Wildman–Crippen MR) is 44.1 cm³/mol. The number of hydrogen-bond acceptors (Lipinski definition) is 2. The highest BCUT2D eigenvalue weighted by Gasteiger charge is 2.12. The lowest BCUT2D eigenvalue weighted by Crippen LogP contribution is -2.14. The molecule has 2 nitrogen and oxygen atoms in total. The summed E-state index contributed by atoms with van der Waals surface area (Å²) >= 11 is 0. The molecule has 1 heterocycles. The molecule has 0 saturated heterocycles. The number of aliphatic imine (C=N–C) groups is 1. The zero-order valence-electron chi connectivity index (χ0n) is 6.80. The third-order valence-electron chi connectivity index (χ3n) is 2.02. The first kappa shape index (κ1) is 7.58. The van der Waals surface area contributed by atoms with Gasteiger partial charge in [0.25, 0.3) is 0 Å². The van der Waals surface area contributed by atoms with Gasteiger partial charge in [0.05, 0.1) is 5.84 Å². The van der Waals surface area contributed by atoms with E-state index in [2.05, 4.69) is 18.8 Å². The summed E-state index contributed by atoms with van der Waals surface area (Å²) in [6.07, 6.45) is 3.46. The summed E-state index contributed by atoms with van der Waals surface area (Å²) in [6.45, 7) is 4.37. The molecular weight excluding hydrogens is 124 g/mol. The molecule has 2 atom stereocenters. The Labute approximate surface area is 62.5 Å². The van der Waals surface area contributed by atoms with Crippen molar-refractivity contribution in [2.75, 3.05) is 0 Å². The van der Waals surface area contributed by atoms with E-state index in [1.165, 1.54) is 12.8 Å². The average Bonchev–Trinajstić information content (AvgIpc) is 1.93. The maximum absolute atomic E-state index is 5.67. The first-order valence-corrected chi connectivity index (χ1v) is 4.00. The third-order valence-corrected chi connectivity index (χ3v) is 2.02. The van der Waals surface area contributed by atoms with Crippen LogP contribution in [0, 0.1) is 5.92 Å². The second kappa shape index (κ2) is 3.04. The van der Waals surface area contributed by atoms with E-state index in [0.717, 1.165) is 18.2 Å². The summed E-state index contributed by atoms with van der Waals surface area (Å²) in [7, 11) is 0. The maximum atomic E-state index is 5.67. The Morgan fingerprint density at radius 1 is 1.40 bits per heavy atom. The SMILES string of the molecule is CC1CCC(C)N=C(N)C1. The fraction of sp³-hybridized carbons (Fsp3) is 0.875. The molecule has 58 valence electrons. The van der Waals surface area contributed by atoms with E-state index >= 15 is 0 Å². The molecule has 0 aromatic heterocycles. The number of nitrogens with zero attached hydrogens (tertiary/aromatic N) is 1. The number of amidine groups is 1. The Kier molecular flexibility index (Phi) is 2.30. The van der Waals surface area contributed by atoms with Gasteiger partial charge in [0.2, 0.25) is 0 Å². The molecule has 0 aromatic carbocycles. The first-order chi connectivity index (χ1) is 4.68. The molecule has 1 aliphatic heterocycles. The normalized spacial score (nSPS) is 34.8. The van der Waals surface area contributed by atoms with Gasteiger partial charge in [-0.05, 0) is 25.7 Å². The van der Waals surface area contributed by atoms with Crippen molar-refractivity contribution < 1.29 is 0 Å². The van der Waals surface area contributed by atoms with E-state index < -0.39 is 0 Å². The minimum Gasteiger partial charge on any atom is -0.387 e. The van der Waals surface area contributed by atoms with Gasteiger partial charge >= 0.3 is 0 Å². The van der Waals surface area contributed by atoms with Crippen LogP contribution in [0.3, 0.4) is 0 Å². The van der Waals surface area contributed by atoms with Gasteiger partial charge in [0, 0.05) is 12.5 Å². The molecule has 0 spiro atoms. The summed E-state index contributed by atoms with van der Waals surface area (Å²) in [5.41, 5.74) is 5.67. The summed E-state index contributed by atoms with van der Waals surface area (Å²) < 4.78 is 0. The molecule has 0 aromatic rings. The predicted octanol–water partition coefficient (Wildman–Crippen LogP) is 1.55. The highest BCUT2D eigenvalue weighted by Crippen LogP contribution is 2.17. The monoisotopic (exact) mass is 140 g/mol. The molecule has 1 aliphatic rings. The van der Waals surface area contributed by atoms with Crippen LogP contribution in [0.25, 0.3) is 0 Å². The molecule has 2 N–H and O–H groups in total. The van der Waals surface area contributed by atoms with Gasteiger partial charge in [-0.3, -0.25) is 4.99 Å². The van der Waals surface area contributed by atoms with Gasteiger partial charge in [0.1, 0.15) is 0 Å². The zero-order chi connectivity index (χ0) is 7.56. The molecule has 2 heteroatoms. The number of rotatable bonds is 0. The second-order valence-corrected chi connectivity index (χ2v) is 3.36. The molecular formula is C8H16N2. The Hall–Kier alpha value is -0.530. The standard InChI is InChI=1S/C8H16N2/c1-6-3-4-7(2)10-8(9)5-6/h6-7H,3-5H2,1-2H3,(H2,9,10). The largest absolute Gasteiger partial charge is 0.387 e. The quantitative estimate of drug-likeness (QED) is 0.544. The van der Waals surface area contributed by atoms with Crippen molar-refractivity contribution in [2.45, 2.75) is 39.2 Å². The van der Waals surface area contributed by atoms with Crippen LogP contribution in [0.2, 0.25) is 0 Å².